The molecule has 5 heteroatoms. The number of carbonyl (C=O) groups is 1. The summed E-state index contributed by atoms with van der Waals surface area (Å²) in [6.07, 6.45) is 1.92. The monoisotopic (exact) mass is 262 g/mol. The number of aliphatic hydroxyl groups is 1. The van der Waals surface area contributed by atoms with E-state index in [1.807, 2.05) is 12.1 Å². The Morgan fingerprint density at radius 2 is 1.95 bits per heavy atom. The van der Waals surface area contributed by atoms with Crippen molar-refractivity contribution in [3.63, 3.8) is 0 Å². The van der Waals surface area contributed by atoms with E-state index < -0.39 is 5.97 Å². The number of hydrogen-bond donors (Lipinski definition) is 2. The summed E-state index contributed by atoms with van der Waals surface area (Å²) in [7, 11) is 0. The molecule has 0 atom stereocenters. The molecule has 0 bridgehead atoms. The largest absolute Gasteiger partial charge is 0.486 e. The van der Waals surface area contributed by atoms with Crippen molar-refractivity contribution in [3.05, 3.63) is 53.5 Å². The fourth-order valence-corrected chi connectivity index (χ4v) is 1.67. The first-order chi connectivity index (χ1) is 9.20. The topological polar surface area (TPSA) is 79.9 Å². The molecule has 0 aliphatic heterocycles. The van der Waals surface area contributed by atoms with E-state index in [1.165, 1.54) is 12.3 Å². The molecule has 0 radical (unpaired) electrons. The number of carboxylic acid groups (broad SMARTS) is 1. The molecule has 1 aromatic heterocycles. The zero-order valence-electron chi connectivity index (χ0n) is 10.2. The summed E-state index contributed by atoms with van der Waals surface area (Å²) in [5.74, 6) is -0.132. The van der Waals surface area contributed by atoms with Crippen molar-refractivity contribution >= 4 is 5.97 Å². The Morgan fingerprint density at radius 1 is 1.21 bits per heavy atom. The quantitative estimate of drug-likeness (QED) is 0.833. The summed E-state index contributed by atoms with van der Waals surface area (Å²) < 4.78 is 10.5. The number of furan rings is 1. The van der Waals surface area contributed by atoms with Gasteiger partial charge in [-0.05, 0) is 30.2 Å². The average Bonchev–Trinajstić information content (AvgIpc) is 2.87. The highest BCUT2D eigenvalue weighted by molar-refractivity contribution is 5.88. The van der Waals surface area contributed by atoms with Gasteiger partial charge in [-0.1, -0.05) is 12.1 Å². The molecule has 0 spiro atoms. The lowest BCUT2D eigenvalue weighted by atomic mass is 10.1. The third-order valence-electron chi connectivity index (χ3n) is 2.67. The number of rotatable bonds is 6. The highest BCUT2D eigenvalue weighted by Gasteiger charge is 2.13. The molecule has 0 fully saturated rings. The smallest absolute Gasteiger partial charge is 0.339 e. The van der Waals surface area contributed by atoms with Crippen LogP contribution in [0.2, 0.25) is 0 Å². The fourth-order valence-electron chi connectivity index (χ4n) is 1.67. The Balaban J connectivity index is 1.98. The van der Waals surface area contributed by atoms with Gasteiger partial charge in [0.2, 0.25) is 0 Å². The van der Waals surface area contributed by atoms with Gasteiger partial charge < -0.3 is 19.4 Å². The van der Waals surface area contributed by atoms with Crippen molar-refractivity contribution in [2.45, 2.75) is 13.0 Å². The van der Waals surface area contributed by atoms with Crippen molar-refractivity contribution in [1.29, 1.82) is 0 Å². The summed E-state index contributed by atoms with van der Waals surface area (Å²) in [5.41, 5.74) is 1.12. The second-order valence-electron chi connectivity index (χ2n) is 3.97. The zero-order valence-corrected chi connectivity index (χ0v) is 10.2. The van der Waals surface area contributed by atoms with Gasteiger partial charge >= 0.3 is 5.97 Å². The second-order valence-corrected chi connectivity index (χ2v) is 3.97. The van der Waals surface area contributed by atoms with Gasteiger partial charge in [-0.2, -0.15) is 0 Å². The van der Waals surface area contributed by atoms with Gasteiger partial charge in [0.05, 0.1) is 6.26 Å². The lowest BCUT2D eigenvalue weighted by molar-refractivity contribution is 0.0692. The van der Waals surface area contributed by atoms with Gasteiger partial charge in [-0.25, -0.2) is 4.79 Å². The molecule has 5 nitrogen and oxygen atoms in total. The Bertz CT molecular complexity index is 541. The first-order valence-corrected chi connectivity index (χ1v) is 5.83. The van der Waals surface area contributed by atoms with Crippen molar-refractivity contribution in [2.24, 2.45) is 0 Å². The van der Waals surface area contributed by atoms with Crippen LogP contribution in [0.25, 0.3) is 0 Å². The molecular weight excluding hydrogens is 248 g/mol. The van der Waals surface area contributed by atoms with Crippen LogP contribution in [0.15, 0.2) is 41.0 Å². The summed E-state index contributed by atoms with van der Waals surface area (Å²) >= 11 is 0. The van der Waals surface area contributed by atoms with Crippen LogP contribution in [0.5, 0.6) is 5.75 Å². The minimum absolute atomic E-state index is 0.0635. The second kappa shape index (κ2) is 6.06. The van der Waals surface area contributed by atoms with E-state index in [0.29, 0.717) is 12.2 Å². The van der Waals surface area contributed by atoms with Gasteiger partial charge in [0.25, 0.3) is 0 Å². The first-order valence-electron chi connectivity index (χ1n) is 5.83. The predicted octanol–water partition coefficient (Wildman–Crippen LogP) is 2.09. The van der Waals surface area contributed by atoms with Gasteiger partial charge in [0.15, 0.2) is 5.76 Å². The fraction of sp³-hybridized carbons (Fsp3) is 0.214. The van der Waals surface area contributed by atoms with Crippen LogP contribution in [0.3, 0.4) is 0 Å². The summed E-state index contributed by atoms with van der Waals surface area (Å²) in [6, 6.07) is 8.64. The number of hydrogen-bond acceptors (Lipinski definition) is 4. The molecule has 0 aliphatic carbocycles. The van der Waals surface area contributed by atoms with Crippen LogP contribution in [0, 0.1) is 0 Å². The Morgan fingerprint density at radius 3 is 2.58 bits per heavy atom. The first kappa shape index (κ1) is 13.2. The molecule has 19 heavy (non-hydrogen) atoms. The Kier molecular flexibility index (Phi) is 4.20. The van der Waals surface area contributed by atoms with Crippen LogP contribution in [0.4, 0.5) is 0 Å². The third kappa shape index (κ3) is 3.35. The van der Waals surface area contributed by atoms with Gasteiger partial charge in [0.1, 0.15) is 17.9 Å². The molecule has 0 unspecified atom stereocenters. The molecule has 2 aromatic rings. The van der Waals surface area contributed by atoms with Crippen molar-refractivity contribution < 1.29 is 24.2 Å². The van der Waals surface area contributed by atoms with Crippen LogP contribution < -0.4 is 4.74 Å². The number of ether oxygens (including phenoxy) is 1. The SMILES string of the molecule is O=C(O)c1ccoc1COc1ccc(CCO)cc1. The maximum absolute atomic E-state index is 10.9. The van der Waals surface area contributed by atoms with E-state index in [2.05, 4.69) is 0 Å². The van der Waals surface area contributed by atoms with E-state index >= 15 is 0 Å². The van der Waals surface area contributed by atoms with E-state index in [4.69, 9.17) is 19.4 Å². The van der Waals surface area contributed by atoms with Crippen LogP contribution in [-0.4, -0.2) is 22.8 Å². The van der Waals surface area contributed by atoms with E-state index in [9.17, 15) is 4.79 Å². The van der Waals surface area contributed by atoms with Crippen LogP contribution >= 0.6 is 0 Å². The lowest BCUT2D eigenvalue weighted by Gasteiger charge is -2.06. The number of aromatic carboxylic acids is 1. The standard InChI is InChI=1S/C14H14O5/c15-7-5-10-1-3-11(4-2-10)19-9-13-12(14(16)17)6-8-18-13/h1-4,6,8,15H,5,7,9H2,(H,16,17). The predicted molar refractivity (Wildman–Crippen MR) is 67.2 cm³/mol. The highest BCUT2D eigenvalue weighted by atomic mass is 16.5. The van der Waals surface area contributed by atoms with E-state index in [-0.39, 0.29) is 24.5 Å². The van der Waals surface area contributed by atoms with Gasteiger partial charge in [-0.3, -0.25) is 0 Å². The minimum Gasteiger partial charge on any atom is -0.486 e. The maximum atomic E-state index is 10.9. The highest BCUT2D eigenvalue weighted by Crippen LogP contribution is 2.17. The summed E-state index contributed by atoms with van der Waals surface area (Å²) in [6.45, 7) is 0.169. The maximum Gasteiger partial charge on any atom is 0.339 e. The van der Waals surface area contributed by atoms with Crippen molar-refractivity contribution in [2.75, 3.05) is 6.61 Å². The third-order valence-corrected chi connectivity index (χ3v) is 2.67. The lowest BCUT2D eigenvalue weighted by Crippen LogP contribution is -2.02. The number of carboxylic acids is 1. The Labute approximate surface area is 110 Å². The molecule has 0 saturated carbocycles. The van der Waals surface area contributed by atoms with Crippen molar-refractivity contribution in [3.8, 4) is 5.75 Å². The molecule has 0 saturated heterocycles. The Hall–Kier alpha value is -2.27. The van der Waals surface area contributed by atoms with Crippen molar-refractivity contribution in [1.82, 2.24) is 0 Å². The molecule has 1 heterocycles. The number of benzene rings is 1. The number of aliphatic hydroxyl groups excluding tert-OH is 1. The molecule has 100 valence electrons. The minimum atomic E-state index is -1.04. The molecule has 2 rings (SSSR count). The normalized spacial score (nSPS) is 10.4. The molecule has 0 aliphatic rings. The molecule has 2 N–H and O–H groups in total. The van der Waals surface area contributed by atoms with E-state index in [1.54, 1.807) is 12.1 Å². The van der Waals surface area contributed by atoms with Crippen LogP contribution in [0.1, 0.15) is 21.7 Å². The molecule has 0 amide bonds. The van der Waals surface area contributed by atoms with Gasteiger partial charge in [0, 0.05) is 6.61 Å². The van der Waals surface area contributed by atoms with E-state index in [0.717, 1.165) is 5.56 Å². The zero-order chi connectivity index (χ0) is 13.7. The van der Waals surface area contributed by atoms with Crippen LogP contribution in [-0.2, 0) is 13.0 Å². The summed E-state index contributed by atoms with van der Waals surface area (Å²) in [4.78, 5) is 10.9. The summed E-state index contributed by atoms with van der Waals surface area (Å²) in [5, 5.41) is 17.7. The average molecular weight is 262 g/mol. The molecule has 1 aromatic carbocycles. The molecular formula is C14H14O5. The van der Waals surface area contributed by atoms with Gasteiger partial charge in [-0.15, -0.1) is 0 Å².